The third kappa shape index (κ3) is 2.94. The van der Waals surface area contributed by atoms with Crippen molar-refractivity contribution >= 4 is 11.0 Å². The van der Waals surface area contributed by atoms with Gasteiger partial charge in [0.15, 0.2) is 5.82 Å². The maximum absolute atomic E-state index is 13.2. The van der Waals surface area contributed by atoms with Crippen molar-refractivity contribution in [3.8, 4) is 0 Å². The summed E-state index contributed by atoms with van der Waals surface area (Å²) >= 11 is 0. The van der Waals surface area contributed by atoms with Crippen LogP contribution in [0.1, 0.15) is 5.82 Å². The predicted molar refractivity (Wildman–Crippen MR) is 51.8 cm³/mol. The quantitative estimate of drug-likeness (QED) is 0.848. The first-order chi connectivity index (χ1) is 7.96. The molecule has 0 aliphatic carbocycles. The van der Waals surface area contributed by atoms with Gasteiger partial charge >= 0.3 is 6.18 Å². The molecule has 1 aromatic carbocycles. The molecule has 92 valence electrons. The minimum atomic E-state index is -4.38. The van der Waals surface area contributed by atoms with Crippen LogP contribution in [0.4, 0.5) is 17.6 Å². The van der Waals surface area contributed by atoms with Gasteiger partial charge in [0.1, 0.15) is 24.6 Å². The molecule has 0 radical (unpaired) electrons. The van der Waals surface area contributed by atoms with Crippen molar-refractivity contribution in [1.82, 2.24) is 9.97 Å². The van der Waals surface area contributed by atoms with Crippen LogP contribution in [-0.2, 0) is 11.3 Å². The number of nitrogens with zero attached hydrogens (tertiary/aromatic N) is 1. The maximum atomic E-state index is 13.2. The number of para-hydroxylation sites is 1. The molecule has 1 aromatic heterocycles. The number of fused-ring (bicyclic) bond motifs is 1. The van der Waals surface area contributed by atoms with Gasteiger partial charge in [0.25, 0.3) is 0 Å². The van der Waals surface area contributed by atoms with Crippen molar-refractivity contribution in [3.63, 3.8) is 0 Å². The summed E-state index contributed by atoms with van der Waals surface area (Å²) in [6.45, 7) is -1.69. The van der Waals surface area contributed by atoms with Crippen molar-refractivity contribution in [3.05, 3.63) is 29.8 Å². The van der Waals surface area contributed by atoms with E-state index in [9.17, 15) is 17.6 Å². The van der Waals surface area contributed by atoms with Crippen LogP contribution >= 0.6 is 0 Å². The summed E-state index contributed by atoms with van der Waals surface area (Å²) in [7, 11) is 0. The zero-order valence-electron chi connectivity index (χ0n) is 8.51. The Morgan fingerprint density at radius 2 is 2.06 bits per heavy atom. The van der Waals surface area contributed by atoms with E-state index in [2.05, 4.69) is 14.7 Å². The normalized spacial score (nSPS) is 12.2. The third-order valence-corrected chi connectivity index (χ3v) is 2.02. The van der Waals surface area contributed by atoms with Crippen LogP contribution in [0.15, 0.2) is 18.2 Å². The number of aromatic amines is 1. The minimum Gasteiger partial charge on any atom is -0.364 e. The Hall–Kier alpha value is -1.63. The lowest BCUT2D eigenvalue weighted by Gasteiger charge is -2.05. The molecule has 3 nitrogen and oxygen atoms in total. The van der Waals surface area contributed by atoms with E-state index in [0.717, 1.165) is 0 Å². The molecule has 1 N–H and O–H groups in total. The average molecular weight is 248 g/mol. The second-order valence-electron chi connectivity index (χ2n) is 3.43. The molecule has 0 unspecified atom stereocenters. The molecular formula is C10H8F4N2O. The summed E-state index contributed by atoms with van der Waals surface area (Å²) in [5, 5.41) is 0. The van der Waals surface area contributed by atoms with Gasteiger partial charge in [-0.1, -0.05) is 6.07 Å². The number of nitrogens with one attached hydrogen (secondary N) is 1. The van der Waals surface area contributed by atoms with Crippen LogP contribution in [0.25, 0.3) is 11.0 Å². The van der Waals surface area contributed by atoms with Gasteiger partial charge in [0.2, 0.25) is 0 Å². The zero-order valence-corrected chi connectivity index (χ0v) is 8.51. The van der Waals surface area contributed by atoms with Gasteiger partial charge in [0.05, 0.1) is 5.52 Å². The molecule has 0 saturated heterocycles. The Morgan fingerprint density at radius 1 is 1.29 bits per heavy atom. The van der Waals surface area contributed by atoms with E-state index < -0.39 is 18.6 Å². The molecule has 0 spiro atoms. The second-order valence-corrected chi connectivity index (χ2v) is 3.43. The largest absolute Gasteiger partial charge is 0.411 e. The van der Waals surface area contributed by atoms with Crippen molar-refractivity contribution in [2.75, 3.05) is 6.61 Å². The lowest BCUT2D eigenvalue weighted by Crippen LogP contribution is -2.16. The number of alkyl halides is 3. The van der Waals surface area contributed by atoms with E-state index in [4.69, 9.17) is 0 Å². The zero-order chi connectivity index (χ0) is 12.5. The number of hydrogen-bond acceptors (Lipinski definition) is 2. The SMILES string of the molecule is Fc1cccc2[nH]c(COCC(F)(F)F)nc12. The fourth-order valence-corrected chi connectivity index (χ4v) is 1.38. The molecule has 2 aromatic rings. The summed E-state index contributed by atoms with van der Waals surface area (Å²) in [6.07, 6.45) is -4.38. The van der Waals surface area contributed by atoms with Crippen molar-refractivity contribution < 1.29 is 22.3 Å². The highest BCUT2D eigenvalue weighted by molar-refractivity contribution is 5.75. The number of halogens is 4. The molecule has 0 bridgehead atoms. The average Bonchev–Trinajstić information content (AvgIpc) is 2.60. The summed E-state index contributed by atoms with van der Waals surface area (Å²) in [4.78, 5) is 6.49. The number of H-pyrrole nitrogens is 1. The van der Waals surface area contributed by atoms with Crippen LogP contribution in [-0.4, -0.2) is 22.8 Å². The first kappa shape index (κ1) is 11.8. The molecule has 1 heterocycles. The Labute approximate surface area is 93.4 Å². The molecule has 0 atom stereocenters. The second kappa shape index (κ2) is 4.33. The molecule has 7 heteroatoms. The molecule has 17 heavy (non-hydrogen) atoms. The molecule has 0 saturated carbocycles. The summed E-state index contributed by atoms with van der Waals surface area (Å²) in [5.74, 6) is -0.366. The molecule has 0 amide bonds. The van der Waals surface area contributed by atoms with Crippen LogP contribution < -0.4 is 0 Å². The monoisotopic (exact) mass is 248 g/mol. The number of benzene rings is 1. The highest BCUT2D eigenvalue weighted by atomic mass is 19.4. The number of ether oxygens (including phenoxy) is 1. The topological polar surface area (TPSA) is 37.9 Å². The van der Waals surface area contributed by atoms with Gasteiger partial charge in [-0.05, 0) is 12.1 Å². The fourth-order valence-electron chi connectivity index (χ4n) is 1.38. The smallest absolute Gasteiger partial charge is 0.364 e. The Balaban J connectivity index is 2.07. The van der Waals surface area contributed by atoms with Crippen LogP contribution in [0.2, 0.25) is 0 Å². The Morgan fingerprint density at radius 3 is 2.71 bits per heavy atom. The number of hydrogen-bond donors (Lipinski definition) is 1. The predicted octanol–water partition coefficient (Wildman–Crippen LogP) is 2.78. The lowest BCUT2D eigenvalue weighted by molar-refractivity contribution is -0.177. The molecule has 0 fully saturated rings. The molecule has 2 rings (SSSR count). The highest BCUT2D eigenvalue weighted by Gasteiger charge is 2.27. The first-order valence-corrected chi connectivity index (χ1v) is 4.73. The van der Waals surface area contributed by atoms with Crippen molar-refractivity contribution in [2.24, 2.45) is 0 Å². The van der Waals surface area contributed by atoms with E-state index >= 15 is 0 Å². The van der Waals surface area contributed by atoms with Crippen molar-refractivity contribution in [2.45, 2.75) is 12.8 Å². The van der Waals surface area contributed by atoms with E-state index in [-0.39, 0.29) is 17.9 Å². The van der Waals surface area contributed by atoms with Crippen LogP contribution in [0.3, 0.4) is 0 Å². The van der Waals surface area contributed by atoms with E-state index in [0.29, 0.717) is 5.52 Å². The van der Waals surface area contributed by atoms with Gasteiger partial charge in [-0.25, -0.2) is 9.37 Å². The van der Waals surface area contributed by atoms with E-state index in [1.807, 2.05) is 0 Å². The van der Waals surface area contributed by atoms with Crippen LogP contribution in [0, 0.1) is 5.82 Å². The lowest BCUT2D eigenvalue weighted by atomic mass is 10.3. The van der Waals surface area contributed by atoms with Gasteiger partial charge in [0, 0.05) is 0 Å². The van der Waals surface area contributed by atoms with Gasteiger partial charge < -0.3 is 9.72 Å². The van der Waals surface area contributed by atoms with Gasteiger partial charge in [-0.2, -0.15) is 13.2 Å². The summed E-state index contributed by atoms with van der Waals surface area (Å²) in [6, 6.07) is 4.29. The summed E-state index contributed by atoms with van der Waals surface area (Å²) < 4.78 is 53.1. The maximum Gasteiger partial charge on any atom is 0.411 e. The number of imidazole rings is 1. The Kier molecular flexibility index (Phi) is 3.01. The number of aromatic nitrogens is 2. The standard InChI is InChI=1S/C10H8F4N2O/c11-6-2-1-3-7-9(6)16-8(15-7)4-17-5-10(12,13)14/h1-3H,4-5H2,(H,15,16). The third-order valence-electron chi connectivity index (χ3n) is 2.02. The first-order valence-electron chi connectivity index (χ1n) is 4.73. The minimum absolute atomic E-state index is 0.0955. The van der Waals surface area contributed by atoms with Gasteiger partial charge in [-0.3, -0.25) is 0 Å². The molecule has 0 aliphatic heterocycles. The van der Waals surface area contributed by atoms with E-state index in [1.165, 1.54) is 12.1 Å². The van der Waals surface area contributed by atoms with E-state index in [1.54, 1.807) is 6.07 Å². The van der Waals surface area contributed by atoms with Crippen molar-refractivity contribution in [1.29, 1.82) is 0 Å². The highest BCUT2D eigenvalue weighted by Crippen LogP contribution is 2.17. The molecule has 0 aliphatic rings. The van der Waals surface area contributed by atoms with Crippen LogP contribution in [0.5, 0.6) is 0 Å². The summed E-state index contributed by atoms with van der Waals surface area (Å²) in [5.41, 5.74) is 0.522. The van der Waals surface area contributed by atoms with Gasteiger partial charge in [-0.15, -0.1) is 0 Å². The number of rotatable bonds is 3. The Bertz CT molecular complexity index is 520. The molecular weight excluding hydrogens is 240 g/mol. The fraction of sp³-hybridized carbons (Fsp3) is 0.300.